The van der Waals surface area contributed by atoms with E-state index in [1.165, 1.54) is 0 Å². The van der Waals surface area contributed by atoms with Gasteiger partial charge in [-0.2, -0.15) is 5.26 Å². The summed E-state index contributed by atoms with van der Waals surface area (Å²) in [6.07, 6.45) is 3.41. The summed E-state index contributed by atoms with van der Waals surface area (Å²) in [5, 5.41) is 18.2. The van der Waals surface area contributed by atoms with Gasteiger partial charge in [0.2, 0.25) is 11.8 Å². The molecular weight excluding hydrogens is 394 g/mol. The lowest BCUT2D eigenvalue weighted by Gasteiger charge is -2.21. The topological polar surface area (TPSA) is 127 Å². The first-order valence-corrected chi connectivity index (χ1v) is 10.2. The third-order valence-corrected chi connectivity index (χ3v) is 5.58. The average molecular weight is 420 g/mol. The molecule has 1 saturated carbocycles. The van der Waals surface area contributed by atoms with Crippen LogP contribution in [0, 0.1) is 23.2 Å². The molecule has 1 aromatic rings. The number of aromatic nitrogens is 1. The monoisotopic (exact) mass is 419 g/mol. The molecule has 0 radical (unpaired) electrons. The van der Waals surface area contributed by atoms with E-state index in [1.807, 2.05) is 13.8 Å². The first kappa shape index (κ1) is 21.2. The van der Waals surface area contributed by atoms with E-state index in [4.69, 9.17) is 11.6 Å². The van der Waals surface area contributed by atoms with Crippen LogP contribution in [0.5, 0.6) is 0 Å². The maximum atomic E-state index is 12.8. The minimum atomic E-state index is -0.800. The van der Waals surface area contributed by atoms with Crippen LogP contribution in [0.4, 0.5) is 0 Å². The van der Waals surface area contributed by atoms with E-state index in [2.05, 4.69) is 27.0 Å². The highest BCUT2D eigenvalue weighted by Crippen LogP contribution is 2.34. The highest BCUT2D eigenvalue weighted by Gasteiger charge is 2.39. The Hall–Kier alpha value is -2.53. The summed E-state index contributed by atoms with van der Waals surface area (Å²) in [6.45, 7) is 3.86. The molecule has 156 valence electrons. The van der Waals surface area contributed by atoms with Crippen LogP contribution in [0.2, 0.25) is 5.15 Å². The second-order valence-corrected chi connectivity index (χ2v) is 9.03. The van der Waals surface area contributed by atoms with E-state index < -0.39 is 23.9 Å². The third-order valence-electron chi connectivity index (χ3n) is 5.36. The summed E-state index contributed by atoms with van der Waals surface area (Å²) in [5.41, 5.74) is -0.0451. The first-order chi connectivity index (χ1) is 13.7. The van der Waals surface area contributed by atoms with Gasteiger partial charge >= 0.3 is 0 Å². The Labute approximate surface area is 174 Å². The number of hydrogen-bond acceptors (Lipinski definition) is 4. The Morgan fingerprint density at radius 3 is 2.55 bits per heavy atom. The SMILES string of the molecule is CC1(C)CC(C[C@@H](C#N)NC(=O)C(CC2CC2)NC(=O)c2ccc(Cl)[nH]2)C(=O)N1. The predicted molar refractivity (Wildman–Crippen MR) is 107 cm³/mol. The number of nitrogens with zero attached hydrogens (tertiary/aromatic N) is 1. The molecule has 1 aromatic heterocycles. The fourth-order valence-corrected chi connectivity index (χ4v) is 3.91. The number of carbonyl (C=O) groups excluding carboxylic acids is 3. The summed E-state index contributed by atoms with van der Waals surface area (Å²) in [6, 6.07) is 3.63. The lowest BCUT2D eigenvalue weighted by atomic mass is 9.92. The number of hydrogen-bond donors (Lipinski definition) is 4. The van der Waals surface area contributed by atoms with Crippen LogP contribution in [0.1, 0.15) is 56.4 Å². The van der Waals surface area contributed by atoms with Crippen molar-refractivity contribution in [2.45, 2.75) is 63.6 Å². The van der Waals surface area contributed by atoms with Gasteiger partial charge in [-0.15, -0.1) is 0 Å². The first-order valence-electron chi connectivity index (χ1n) is 9.84. The number of halogens is 1. The minimum Gasteiger partial charge on any atom is -0.351 e. The van der Waals surface area contributed by atoms with E-state index in [-0.39, 0.29) is 29.5 Å². The zero-order chi connectivity index (χ0) is 21.2. The molecule has 0 spiro atoms. The van der Waals surface area contributed by atoms with Gasteiger partial charge in [-0.05, 0) is 51.2 Å². The number of nitriles is 1. The van der Waals surface area contributed by atoms with Crippen LogP contribution < -0.4 is 16.0 Å². The number of nitrogens with one attached hydrogen (secondary N) is 4. The van der Waals surface area contributed by atoms with Crippen molar-refractivity contribution >= 4 is 29.3 Å². The molecular formula is C20H26ClN5O3. The number of aromatic amines is 1. The molecule has 3 amide bonds. The summed E-state index contributed by atoms with van der Waals surface area (Å²) in [5.74, 6) is -0.876. The smallest absolute Gasteiger partial charge is 0.268 e. The molecule has 2 heterocycles. The molecule has 8 nitrogen and oxygen atoms in total. The molecule has 2 fully saturated rings. The van der Waals surface area contributed by atoms with E-state index in [0.717, 1.165) is 12.8 Å². The van der Waals surface area contributed by atoms with Crippen LogP contribution in [-0.2, 0) is 9.59 Å². The molecule has 0 aromatic carbocycles. The quantitative estimate of drug-likeness (QED) is 0.513. The highest BCUT2D eigenvalue weighted by atomic mass is 35.5. The van der Waals surface area contributed by atoms with E-state index in [0.29, 0.717) is 23.9 Å². The third kappa shape index (κ3) is 5.73. The van der Waals surface area contributed by atoms with Gasteiger partial charge in [0.15, 0.2) is 0 Å². The van der Waals surface area contributed by atoms with Crippen molar-refractivity contribution in [3.05, 3.63) is 23.0 Å². The minimum absolute atomic E-state index is 0.101. The van der Waals surface area contributed by atoms with Crippen LogP contribution in [-0.4, -0.2) is 40.3 Å². The van der Waals surface area contributed by atoms with Crippen molar-refractivity contribution in [1.82, 2.24) is 20.9 Å². The Kier molecular flexibility index (Phi) is 6.18. The van der Waals surface area contributed by atoms with Gasteiger partial charge in [0.25, 0.3) is 5.91 Å². The Balaban J connectivity index is 1.61. The van der Waals surface area contributed by atoms with Gasteiger partial charge in [0.1, 0.15) is 22.9 Å². The normalized spacial score (nSPS) is 22.3. The lowest BCUT2D eigenvalue weighted by molar-refractivity contribution is -0.125. The van der Waals surface area contributed by atoms with Crippen molar-refractivity contribution in [2.75, 3.05) is 0 Å². The fraction of sp³-hybridized carbons (Fsp3) is 0.600. The lowest BCUT2D eigenvalue weighted by Crippen LogP contribution is -2.50. The van der Waals surface area contributed by atoms with Gasteiger partial charge < -0.3 is 20.9 Å². The Morgan fingerprint density at radius 2 is 2.03 bits per heavy atom. The zero-order valence-corrected chi connectivity index (χ0v) is 17.3. The van der Waals surface area contributed by atoms with Crippen LogP contribution in [0.25, 0.3) is 0 Å². The maximum Gasteiger partial charge on any atom is 0.268 e. The van der Waals surface area contributed by atoms with Crippen LogP contribution in [0.15, 0.2) is 12.1 Å². The van der Waals surface area contributed by atoms with Gasteiger partial charge in [-0.3, -0.25) is 14.4 Å². The highest BCUT2D eigenvalue weighted by molar-refractivity contribution is 6.29. The van der Waals surface area contributed by atoms with Crippen molar-refractivity contribution in [3.8, 4) is 6.07 Å². The number of H-pyrrole nitrogens is 1. The van der Waals surface area contributed by atoms with Gasteiger partial charge in [0.05, 0.1) is 6.07 Å². The van der Waals surface area contributed by atoms with Gasteiger partial charge in [-0.25, -0.2) is 0 Å². The number of carbonyl (C=O) groups is 3. The summed E-state index contributed by atoms with van der Waals surface area (Å²) in [7, 11) is 0. The standard InChI is InChI=1S/C20H26ClN5O3/c1-20(2)9-12(17(27)26-20)8-13(10-22)23-19(29)15(7-11-3-4-11)25-18(28)14-5-6-16(21)24-14/h5-6,11-13,15,24H,3-4,7-9H2,1-2H3,(H,23,29)(H,25,28)(H,26,27)/t12?,13-,15?/m0/s1. The average Bonchev–Trinajstić information content (AvgIpc) is 3.28. The summed E-state index contributed by atoms with van der Waals surface area (Å²) >= 11 is 5.81. The molecule has 9 heteroatoms. The number of amides is 3. The van der Waals surface area contributed by atoms with Crippen molar-refractivity contribution in [2.24, 2.45) is 11.8 Å². The maximum absolute atomic E-state index is 12.8. The van der Waals surface area contributed by atoms with Gasteiger partial charge in [0, 0.05) is 11.5 Å². The van der Waals surface area contributed by atoms with Crippen molar-refractivity contribution in [1.29, 1.82) is 5.26 Å². The second-order valence-electron chi connectivity index (χ2n) is 8.63. The predicted octanol–water partition coefficient (Wildman–Crippen LogP) is 1.88. The van der Waals surface area contributed by atoms with E-state index in [1.54, 1.807) is 12.1 Å². The molecule has 2 aliphatic rings. The zero-order valence-electron chi connectivity index (χ0n) is 16.5. The molecule has 4 N–H and O–H groups in total. The molecule has 1 aliphatic heterocycles. The van der Waals surface area contributed by atoms with Crippen LogP contribution in [0.3, 0.4) is 0 Å². The molecule has 1 saturated heterocycles. The Morgan fingerprint density at radius 1 is 1.31 bits per heavy atom. The van der Waals surface area contributed by atoms with E-state index >= 15 is 0 Å². The second kappa shape index (κ2) is 8.46. The molecule has 29 heavy (non-hydrogen) atoms. The summed E-state index contributed by atoms with van der Waals surface area (Å²) < 4.78 is 0. The molecule has 1 aliphatic carbocycles. The largest absolute Gasteiger partial charge is 0.351 e. The van der Waals surface area contributed by atoms with Crippen LogP contribution >= 0.6 is 11.6 Å². The van der Waals surface area contributed by atoms with Gasteiger partial charge in [-0.1, -0.05) is 24.4 Å². The molecule has 3 rings (SSSR count). The summed E-state index contributed by atoms with van der Waals surface area (Å²) in [4.78, 5) is 40.1. The fourth-order valence-electron chi connectivity index (χ4n) is 3.74. The molecule has 2 unspecified atom stereocenters. The van der Waals surface area contributed by atoms with Crippen molar-refractivity contribution < 1.29 is 14.4 Å². The van der Waals surface area contributed by atoms with Crippen molar-refractivity contribution in [3.63, 3.8) is 0 Å². The Bertz CT molecular complexity index is 839. The molecule has 0 bridgehead atoms. The molecule has 3 atom stereocenters. The number of rotatable bonds is 8. The van der Waals surface area contributed by atoms with E-state index in [9.17, 15) is 19.6 Å².